The number of halogens is 2. The summed E-state index contributed by atoms with van der Waals surface area (Å²) in [6, 6.07) is 0. The number of hydrogen-bond acceptors (Lipinski definition) is 15. The SMILES string of the molecule is Nc1ncnc2c1ncn2[C@@H]1OC2COP(O)(=S)O[C@@H]3[C@H](O)C(COP(=O)(S)O[C@H]2[C@H]1F)O[C@H]3n1cc(F)c2c(=O)[nH]cnc21. The fraction of sp³-hybridized carbons (Fsp3) is 0.476. The van der Waals surface area contributed by atoms with Crippen molar-refractivity contribution in [3.63, 3.8) is 0 Å². The van der Waals surface area contributed by atoms with E-state index in [4.69, 9.17) is 45.1 Å². The molecule has 0 saturated carbocycles. The number of aliphatic hydroxyl groups is 1. The molecule has 3 aliphatic heterocycles. The Bertz CT molecular complexity index is 1950. The highest BCUT2D eigenvalue weighted by Crippen LogP contribution is 2.58. The highest BCUT2D eigenvalue weighted by atomic mass is 32.7. The molecule has 3 aliphatic rings. The van der Waals surface area contributed by atoms with Crippen LogP contribution in [0.2, 0.25) is 0 Å². The number of aliphatic hydroxyl groups excluding tert-OH is 1. The summed E-state index contributed by atoms with van der Waals surface area (Å²) in [4.78, 5) is 41.5. The summed E-state index contributed by atoms with van der Waals surface area (Å²) in [5, 5.41) is 10.7. The van der Waals surface area contributed by atoms with E-state index in [1.807, 2.05) is 0 Å². The summed E-state index contributed by atoms with van der Waals surface area (Å²) in [5.74, 6) is -0.922. The Labute approximate surface area is 259 Å². The molecule has 5 N–H and O–H groups in total. The van der Waals surface area contributed by atoms with Crippen LogP contribution in [0.15, 0.2) is 30.0 Å². The fourth-order valence-corrected chi connectivity index (χ4v) is 8.27. The number of nitrogen functional groups attached to an aromatic ring is 1. The molecule has 0 aliphatic carbocycles. The van der Waals surface area contributed by atoms with Gasteiger partial charge in [0.1, 0.15) is 47.8 Å². The Kier molecular flexibility index (Phi) is 7.86. The molecule has 7 rings (SSSR count). The average Bonchev–Trinajstić information content (AvgIpc) is 3.71. The molecular formula is C21H22F2N8O10P2S2. The average molecular weight is 711 g/mol. The van der Waals surface area contributed by atoms with Gasteiger partial charge in [-0.05, 0) is 11.8 Å². The molecule has 2 bridgehead atoms. The standard InChI is InChI=1S/C21H22F2N8O10P2S2/c22-7-1-30(17-10(7)19(33)28-5-26-17)21-15-13(32)8(38-21)2-36-42(34,44)40-14-9(3-37-43(35,45)41-15)39-20(11(14)23)31-6-29-12-16(24)25-4-27-18(12)31/h1,4-6,8-9,11,13-15,20-21,32H,2-3H2,(H,34,44)(H,35,45)(H2,24,25,27)(H,26,28,33)/t8?,9?,11-,13-,14-,15-,20-,21-,42?,43?/m1/s1. The predicted octanol–water partition coefficient (Wildman–Crippen LogP) is 0.851. The van der Waals surface area contributed by atoms with Crippen LogP contribution in [0.25, 0.3) is 22.2 Å². The van der Waals surface area contributed by atoms with Crippen molar-refractivity contribution in [3.05, 3.63) is 41.3 Å². The van der Waals surface area contributed by atoms with Gasteiger partial charge in [-0.3, -0.25) is 22.9 Å². The lowest BCUT2D eigenvalue weighted by atomic mass is 10.1. The van der Waals surface area contributed by atoms with Crippen molar-refractivity contribution in [2.45, 2.75) is 49.1 Å². The number of aromatic nitrogens is 7. The molecule has 0 spiro atoms. The van der Waals surface area contributed by atoms with E-state index in [2.05, 4.69) is 37.2 Å². The van der Waals surface area contributed by atoms with Crippen LogP contribution in [0.1, 0.15) is 12.5 Å². The van der Waals surface area contributed by atoms with E-state index in [1.54, 1.807) is 0 Å². The van der Waals surface area contributed by atoms with E-state index in [0.717, 1.165) is 23.4 Å². The van der Waals surface area contributed by atoms with Crippen molar-refractivity contribution < 1.29 is 50.9 Å². The van der Waals surface area contributed by atoms with Gasteiger partial charge in [-0.15, -0.1) is 0 Å². The van der Waals surface area contributed by atoms with Gasteiger partial charge >= 0.3 is 13.5 Å². The summed E-state index contributed by atoms with van der Waals surface area (Å²) in [7, 11) is 0. The summed E-state index contributed by atoms with van der Waals surface area (Å²) in [5.41, 5.74) is 5.18. The van der Waals surface area contributed by atoms with Crippen LogP contribution in [-0.2, 0) is 43.9 Å². The molecule has 4 aromatic rings. The van der Waals surface area contributed by atoms with E-state index in [1.165, 1.54) is 10.9 Å². The lowest BCUT2D eigenvalue weighted by Gasteiger charge is -2.27. The summed E-state index contributed by atoms with van der Waals surface area (Å²) in [6.45, 7) is -10.1. The number of ether oxygens (including phenoxy) is 2. The second kappa shape index (κ2) is 11.4. The van der Waals surface area contributed by atoms with Crippen LogP contribution in [0.4, 0.5) is 14.6 Å². The molecule has 242 valence electrons. The Morgan fingerprint density at radius 1 is 1.07 bits per heavy atom. The number of alkyl halides is 1. The number of rotatable bonds is 2. The number of nitrogens with one attached hydrogen (secondary N) is 1. The van der Waals surface area contributed by atoms with Crippen LogP contribution in [-0.4, -0.2) is 94.0 Å². The van der Waals surface area contributed by atoms with Crippen LogP contribution >= 0.6 is 25.8 Å². The molecule has 3 fully saturated rings. The number of hydrogen-bond donors (Lipinski definition) is 5. The second-order valence-electron chi connectivity index (χ2n) is 10.1. The van der Waals surface area contributed by atoms with Crippen molar-refractivity contribution in [1.29, 1.82) is 0 Å². The van der Waals surface area contributed by atoms with Gasteiger partial charge in [-0.2, -0.15) is 0 Å². The Hall–Kier alpha value is -2.46. The zero-order valence-corrected chi connectivity index (χ0v) is 25.8. The molecular weight excluding hydrogens is 688 g/mol. The Morgan fingerprint density at radius 2 is 1.82 bits per heavy atom. The third kappa shape index (κ3) is 5.51. The third-order valence-corrected chi connectivity index (χ3v) is 10.6. The monoisotopic (exact) mass is 710 g/mol. The van der Waals surface area contributed by atoms with Gasteiger partial charge in [0.2, 0.25) is 0 Å². The van der Waals surface area contributed by atoms with Gasteiger partial charge in [0.05, 0.1) is 25.9 Å². The van der Waals surface area contributed by atoms with Crippen molar-refractivity contribution in [2.75, 3.05) is 18.9 Å². The Balaban J connectivity index is 1.21. The van der Waals surface area contributed by atoms with Crippen molar-refractivity contribution in [1.82, 2.24) is 34.1 Å². The van der Waals surface area contributed by atoms with Crippen LogP contribution in [0.5, 0.6) is 0 Å². The molecule has 7 heterocycles. The zero-order chi connectivity index (χ0) is 31.8. The van der Waals surface area contributed by atoms with Gasteiger partial charge < -0.3 is 39.3 Å². The maximum Gasteiger partial charge on any atom is 0.386 e. The van der Waals surface area contributed by atoms with Crippen LogP contribution < -0.4 is 11.3 Å². The number of thiol groups is 1. The quantitative estimate of drug-likeness (QED) is 0.143. The first-order valence-corrected chi connectivity index (χ1v) is 18.2. The normalized spacial score (nSPS) is 37.7. The molecule has 0 radical (unpaired) electrons. The molecule has 0 amide bonds. The fourth-order valence-electron chi connectivity index (χ4n) is 5.37. The molecule has 18 nitrogen and oxygen atoms in total. The highest BCUT2D eigenvalue weighted by Gasteiger charge is 2.53. The largest absolute Gasteiger partial charge is 0.387 e. The van der Waals surface area contributed by atoms with Gasteiger partial charge in [0.15, 0.2) is 41.6 Å². The number of anilines is 1. The summed E-state index contributed by atoms with van der Waals surface area (Å²) >= 11 is 9.16. The van der Waals surface area contributed by atoms with Crippen molar-refractivity contribution in [3.8, 4) is 0 Å². The number of nitrogens with two attached hydrogens (primary N) is 1. The first kappa shape index (κ1) is 31.2. The number of aromatic amines is 1. The smallest absolute Gasteiger partial charge is 0.386 e. The maximum atomic E-state index is 16.0. The molecule has 4 aromatic heterocycles. The number of fused-ring (bicyclic) bond motifs is 5. The zero-order valence-electron chi connectivity index (χ0n) is 22.3. The van der Waals surface area contributed by atoms with E-state index in [-0.39, 0.29) is 22.6 Å². The molecule has 45 heavy (non-hydrogen) atoms. The van der Waals surface area contributed by atoms with Gasteiger partial charge in [-0.1, -0.05) is 12.2 Å². The van der Waals surface area contributed by atoms with Gasteiger partial charge in [0, 0.05) is 6.20 Å². The molecule has 3 saturated heterocycles. The topological polar surface area (TPSA) is 233 Å². The summed E-state index contributed by atoms with van der Waals surface area (Å²) in [6.07, 6.45) is -8.28. The second-order valence-corrected chi connectivity index (χ2v) is 15.8. The number of nitrogens with zero attached hydrogens (tertiary/aromatic N) is 6. The minimum atomic E-state index is -4.43. The Morgan fingerprint density at radius 3 is 2.62 bits per heavy atom. The minimum absolute atomic E-state index is 0.0382. The van der Waals surface area contributed by atoms with Crippen molar-refractivity contribution in [2.24, 2.45) is 0 Å². The van der Waals surface area contributed by atoms with Crippen LogP contribution in [0.3, 0.4) is 0 Å². The first-order valence-electron chi connectivity index (χ1n) is 12.9. The highest BCUT2D eigenvalue weighted by molar-refractivity contribution is 8.44. The minimum Gasteiger partial charge on any atom is -0.387 e. The molecule has 10 atom stereocenters. The van der Waals surface area contributed by atoms with Crippen LogP contribution in [0, 0.1) is 5.82 Å². The lowest BCUT2D eigenvalue weighted by molar-refractivity contribution is -0.0586. The first-order chi connectivity index (χ1) is 21.3. The van der Waals surface area contributed by atoms with Crippen molar-refractivity contribution >= 4 is 65.6 Å². The van der Waals surface area contributed by atoms with E-state index >= 15 is 4.39 Å². The van der Waals surface area contributed by atoms with Gasteiger partial charge in [-0.25, -0.2) is 33.3 Å². The molecule has 24 heteroatoms. The molecule has 4 unspecified atom stereocenters. The van der Waals surface area contributed by atoms with E-state index in [0.29, 0.717) is 0 Å². The number of H-pyrrole nitrogens is 1. The van der Waals surface area contributed by atoms with E-state index < -0.39 is 92.6 Å². The lowest BCUT2D eigenvalue weighted by Crippen LogP contribution is -2.35. The van der Waals surface area contributed by atoms with E-state index in [9.17, 15) is 23.7 Å². The maximum absolute atomic E-state index is 16.0. The predicted molar refractivity (Wildman–Crippen MR) is 154 cm³/mol. The number of imidazole rings is 1. The summed E-state index contributed by atoms with van der Waals surface area (Å²) < 4.78 is 80.1. The van der Waals surface area contributed by atoms with Gasteiger partial charge in [0.25, 0.3) is 5.56 Å². The third-order valence-electron chi connectivity index (χ3n) is 7.40. The molecule has 0 aromatic carbocycles.